The molecule has 0 aromatic carbocycles. The summed E-state index contributed by atoms with van der Waals surface area (Å²) < 4.78 is 11.3. The first-order valence-corrected chi connectivity index (χ1v) is 13.1. The van der Waals surface area contributed by atoms with E-state index in [2.05, 4.69) is 21.3 Å². The molecule has 2 aliphatic heterocycles. The topological polar surface area (TPSA) is 158 Å². The summed E-state index contributed by atoms with van der Waals surface area (Å²) in [4.78, 5) is 50.5. The molecule has 5 N–H and O–H groups in total. The number of fused-ring (bicyclic) bond motifs is 1. The molecule has 36 heavy (non-hydrogen) atoms. The number of aliphatic hydroxyl groups is 1. The molecule has 206 valence electrons. The third-order valence-electron chi connectivity index (χ3n) is 6.28. The van der Waals surface area contributed by atoms with Crippen LogP contribution in [0.3, 0.4) is 0 Å². The number of nitrogens with one attached hydrogen (secondary N) is 4. The third-order valence-corrected chi connectivity index (χ3v) is 6.28. The van der Waals surface area contributed by atoms with Gasteiger partial charge >= 0.3 is 0 Å². The van der Waals surface area contributed by atoms with E-state index in [0.29, 0.717) is 51.9 Å². The maximum Gasteiger partial charge on any atom is 0.264 e. The van der Waals surface area contributed by atoms with Gasteiger partial charge in [0.1, 0.15) is 0 Å². The van der Waals surface area contributed by atoms with Gasteiger partial charge in [0.25, 0.3) is 11.8 Å². The predicted molar refractivity (Wildman–Crippen MR) is 131 cm³/mol. The molecule has 4 amide bonds. The largest absolute Gasteiger partial charge is 0.394 e. The zero-order valence-corrected chi connectivity index (χ0v) is 21.6. The van der Waals surface area contributed by atoms with Crippen molar-refractivity contribution >= 4 is 23.6 Å². The van der Waals surface area contributed by atoms with Gasteiger partial charge in [-0.25, -0.2) is 4.90 Å². The average molecular weight is 514 g/mol. The van der Waals surface area contributed by atoms with Crippen molar-refractivity contribution in [1.29, 1.82) is 0 Å². The number of hydrogen-bond acceptors (Lipinski definition) is 8. The van der Waals surface area contributed by atoms with E-state index in [1.165, 1.54) is 4.90 Å². The van der Waals surface area contributed by atoms with Gasteiger partial charge in [-0.1, -0.05) is 26.7 Å². The van der Waals surface area contributed by atoms with Crippen molar-refractivity contribution < 1.29 is 33.8 Å². The normalized spacial score (nSPS) is 23.2. The molecule has 0 radical (unpaired) electrons. The molecule has 0 spiro atoms. The molecule has 2 rings (SSSR count). The zero-order chi connectivity index (χ0) is 26.4. The summed E-state index contributed by atoms with van der Waals surface area (Å²) in [7, 11) is 0. The molecule has 0 aliphatic carbocycles. The Morgan fingerprint density at radius 3 is 1.56 bits per heavy atom. The maximum absolute atomic E-state index is 12.8. The van der Waals surface area contributed by atoms with Gasteiger partial charge in [-0.15, -0.1) is 0 Å². The minimum Gasteiger partial charge on any atom is -0.394 e. The summed E-state index contributed by atoms with van der Waals surface area (Å²) in [5.74, 6) is -0.865. The van der Waals surface area contributed by atoms with Crippen molar-refractivity contribution in [3.63, 3.8) is 0 Å². The highest BCUT2D eigenvalue weighted by molar-refractivity contribution is 5.84. The summed E-state index contributed by atoms with van der Waals surface area (Å²) in [6.07, 6.45) is 3.54. The van der Waals surface area contributed by atoms with Crippen LogP contribution >= 0.6 is 0 Å². The molecular weight excluding hydrogens is 470 g/mol. The van der Waals surface area contributed by atoms with Gasteiger partial charge in [0.15, 0.2) is 12.5 Å². The number of amides is 4. The van der Waals surface area contributed by atoms with E-state index >= 15 is 0 Å². The van der Waals surface area contributed by atoms with Crippen molar-refractivity contribution in [2.75, 3.05) is 46.0 Å². The molecule has 12 heteroatoms. The minimum atomic E-state index is -1.08. The Hall–Kier alpha value is -2.28. The van der Waals surface area contributed by atoms with E-state index in [1.807, 2.05) is 13.8 Å². The average Bonchev–Trinajstić information content (AvgIpc) is 3.43. The van der Waals surface area contributed by atoms with Gasteiger partial charge in [-0.2, -0.15) is 0 Å². The van der Waals surface area contributed by atoms with Crippen LogP contribution in [0.2, 0.25) is 0 Å². The Morgan fingerprint density at radius 1 is 0.750 bits per heavy atom. The first-order valence-electron chi connectivity index (χ1n) is 13.1. The number of aliphatic hydroxyl groups excluding tert-OH is 1. The van der Waals surface area contributed by atoms with Gasteiger partial charge in [0.2, 0.25) is 11.8 Å². The van der Waals surface area contributed by atoms with Crippen LogP contribution in [-0.2, 0) is 28.7 Å². The maximum atomic E-state index is 12.8. The van der Waals surface area contributed by atoms with Crippen molar-refractivity contribution in [2.45, 2.75) is 83.2 Å². The molecule has 12 nitrogen and oxygen atoms in total. The molecule has 2 atom stereocenters. The number of carbonyl (C=O) groups is 4. The van der Waals surface area contributed by atoms with Gasteiger partial charge < -0.3 is 35.8 Å². The fourth-order valence-corrected chi connectivity index (χ4v) is 4.10. The summed E-state index contributed by atoms with van der Waals surface area (Å²) >= 11 is 0. The fourth-order valence-electron chi connectivity index (χ4n) is 4.10. The van der Waals surface area contributed by atoms with Crippen LogP contribution in [0, 0.1) is 0 Å². The smallest absolute Gasteiger partial charge is 0.264 e. The lowest BCUT2D eigenvalue weighted by Gasteiger charge is -2.31. The van der Waals surface area contributed by atoms with Crippen LogP contribution in [0.4, 0.5) is 0 Å². The van der Waals surface area contributed by atoms with Gasteiger partial charge in [0, 0.05) is 39.0 Å². The van der Waals surface area contributed by atoms with Gasteiger partial charge in [-0.05, 0) is 25.7 Å². The predicted octanol–water partition coefficient (Wildman–Crippen LogP) is -0.642. The quantitative estimate of drug-likeness (QED) is 0.161. The Bertz CT molecular complexity index is 682. The van der Waals surface area contributed by atoms with Crippen LogP contribution in [-0.4, -0.2) is 97.6 Å². The number of unbranched alkanes of at least 4 members (excludes halogenated alkanes) is 2. The monoisotopic (exact) mass is 513 g/mol. The summed E-state index contributed by atoms with van der Waals surface area (Å²) in [6, 6.07) is 0. The molecule has 2 fully saturated rings. The van der Waals surface area contributed by atoms with Crippen LogP contribution in [0.5, 0.6) is 0 Å². The fraction of sp³-hybridized carbons (Fsp3) is 0.833. The molecule has 2 heterocycles. The Balaban J connectivity index is 1.78. The Morgan fingerprint density at radius 2 is 1.17 bits per heavy atom. The molecule has 0 bridgehead atoms. The number of hydrogen-bond donors (Lipinski definition) is 5. The second-order valence-electron chi connectivity index (χ2n) is 9.31. The molecule has 2 unspecified atom stereocenters. The summed E-state index contributed by atoms with van der Waals surface area (Å²) in [5.41, 5.74) is -0.968. The van der Waals surface area contributed by atoms with E-state index in [1.54, 1.807) is 0 Å². The molecule has 0 aromatic rings. The van der Waals surface area contributed by atoms with E-state index in [-0.39, 0.29) is 31.6 Å². The second kappa shape index (κ2) is 15.7. The van der Waals surface area contributed by atoms with E-state index in [9.17, 15) is 24.3 Å². The van der Waals surface area contributed by atoms with Crippen molar-refractivity contribution in [3.05, 3.63) is 0 Å². The SMILES string of the molecule is CCCCC(=O)NCCCNC(=O)C1OCC2(CO)COC(C(=O)NCCCNC(=O)CCCC)N12. The number of nitrogens with zero attached hydrogens (tertiary/aromatic N) is 1. The minimum absolute atomic E-state index is 0.00280. The van der Waals surface area contributed by atoms with Crippen LogP contribution in [0.1, 0.15) is 65.2 Å². The van der Waals surface area contributed by atoms with Crippen LogP contribution < -0.4 is 21.3 Å². The number of carbonyl (C=O) groups excluding carboxylic acids is 4. The second-order valence-corrected chi connectivity index (χ2v) is 9.31. The van der Waals surface area contributed by atoms with Crippen LogP contribution in [0.15, 0.2) is 0 Å². The molecular formula is C24H43N5O7. The van der Waals surface area contributed by atoms with E-state index in [4.69, 9.17) is 9.47 Å². The van der Waals surface area contributed by atoms with E-state index < -0.39 is 29.8 Å². The number of ether oxygens (including phenoxy) is 2. The lowest BCUT2D eigenvalue weighted by molar-refractivity contribution is -0.152. The molecule has 2 saturated heterocycles. The van der Waals surface area contributed by atoms with Crippen LogP contribution in [0.25, 0.3) is 0 Å². The molecule has 0 saturated carbocycles. The Labute approximate surface area is 213 Å². The highest BCUT2D eigenvalue weighted by Gasteiger charge is 2.59. The van der Waals surface area contributed by atoms with E-state index in [0.717, 1.165) is 25.7 Å². The van der Waals surface area contributed by atoms with Gasteiger partial charge in [-0.3, -0.25) is 19.2 Å². The molecule has 2 aliphatic rings. The third kappa shape index (κ3) is 8.68. The Kier molecular flexibility index (Phi) is 13.1. The molecule has 0 aromatic heterocycles. The standard InChI is InChI=1S/C24H43N5O7/c1-3-5-9-18(31)25-11-7-13-27-20(33)22-29-23(36-17-24(29,15-30)16-35-22)21(34)28-14-8-12-26-19(32)10-6-4-2/h22-23,30H,3-17H2,1-2H3,(H,25,31)(H,26,32)(H,27,33)(H,28,34). The lowest BCUT2D eigenvalue weighted by Crippen LogP contribution is -2.58. The summed E-state index contributed by atoms with van der Waals surface area (Å²) in [5, 5.41) is 21.2. The van der Waals surface area contributed by atoms with Crippen molar-refractivity contribution in [3.8, 4) is 0 Å². The first kappa shape index (κ1) is 29.9. The van der Waals surface area contributed by atoms with Crippen molar-refractivity contribution in [2.24, 2.45) is 0 Å². The lowest BCUT2D eigenvalue weighted by atomic mass is 10.0. The zero-order valence-electron chi connectivity index (χ0n) is 21.6. The highest BCUT2D eigenvalue weighted by atomic mass is 16.6. The van der Waals surface area contributed by atoms with Gasteiger partial charge in [0.05, 0.1) is 25.4 Å². The van der Waals surface area contributed by atoms with Crippen molar-refractivity contribution in [1.82, 2.24) is 26.2 Å². The highest BCUT2D eigenvalue weighted by Crippen LogP contribution is 2.36. The first-order chi connectivity index (χ1) is 17.4. The summed E-state index contributed by atoms with van der Waals surface area (Å²) in [6.45, 7) is 5.40. The number of rotatable bonds is 17.